The number of aromatic nitrogens is 3. The van der Waals surface area contributed by atoms with Crippen LogP contribution in [0, 0.1) is 0 Å². The second-order valence-electron chi connectivity index (χ2n) is 4.55. The molecule has 17 heavy (non-hydrogen) atoms. The summed E-state index contributed by atoms with van der Waals surface area (Å²) < 4.78 is 1.73. The zero-order chi connectivity index (χ0) is 12.9. The highest BCUT2D eigenvalue weighted by atomic mass is 16.1. The van der Waals surface area contributed by atoms with E-state index in [1.165, 1.54) is 6.33 Å². The van der Waals surface area contributed by atoms with Gasteiger partial charge in [-0.2, -0.15) is 5.10 Å². The highest BCUT2D eigenvalue weighted by molar-refractivity contribution is 5.84. The van der Waals surface area contributed by atoms with Crippen molar-refractivity contribution in [2.75, 3.05) is 6.54 Å². The Labute approximate surface area is 102 Å². The maximum Gasteiger partial charge on any atom is 0.237 e. The average Bonchev–Trinajstić information content (AvgIpc) is 2.79. The van der Waals surface area contributed by atoms with Crippen LogP contribution in [0.1, 0.15) is 39.7 Å². The van der Waals surface area contributed by atoms with Crippen molar-refractivity contribution < 1.29 is 4.79 Å². The molecule has 2 atom stereocenters. The second kappa shape index (κ2) is 5.77. The summed E-state index contributed by atoms with van der Waals surface area (Å²) in [6.07, 6.45) is 4.68. The van der Waals surface area contributed by atoms with Gasteiger partial charge in [-0.3, -0.25) is 9.48 Å². The van der Waals surface area contributed by atoms with E-state index in [-0.39, 0.29) is 11.9 Å². The van der Waals surface area contributed by atoms with E-state index in [0.29, 0.717) is 6.42 Å². The molecule has 0 aliphatic carbocycles. The highest BCUT2D eigenvalue weighted by Crippen LogP contribution is 2.19. The molecule has 1 heterocycles. The van der Waals surface area contributed by atoms with Gasteiger partial charge in [-0.1, -0.05) is 6.92 Å². The van der Waals surface area contributed by atoms with Gasteiger partial charge >= 0.3 is 0 Å². The van der Waals surface area contributed by atoms with Gasteiger partial charge in [0.15, 0.2) is 0 Å². The van der Waals surface area contributed by atoms with Gasteiger partial charge < -0.3 is 11.1 Å². The molecule has 1 amide bonds. The number of hydrogen-bond acceptors (Lipinski definition) is 4. The van der Waals surface area contributed by atoms with E-state index in [4.69, 9.17) is 5.73 Å². The Hall–Kier alpha value is -1.43. The predicted molar refractivity (Wildman–Crippen MR) is 65.2 cm³/mol. The SMILES string of the molecule is CCCNC(C)(CC(C)n1cncn1)C(N)=O. The van der Waals surface area contributed by atoms with E-state index in [1.54, 1.807) is 11.0 Å². The third-order valence-corrected chi connectivity index (χ3v) is 2.90. The fourth-order valence-electron chi connectivity index (χ4n) is 1.79. The molecule has 6 heteroatoms. The first-order valence-corrected chi connectivity index (χ1v) is 5.88. The third kappa shape index (κ3) is 3.52. The van der Waals surface area contributed by atoms with Crippen molar-refractivity contribution in [3.8, 4) is 0 Å². The molecule has 1 aromatic heterocycles. The van der Waals surface area contributed by atoms with Crippen molar-refractivity contribution in [2.45, 2.75) is 45.2 Å². The van der Waals surface area contributed by atoms with Gasteiger partial charge in [-0.15, -0.1) is 0 Å². The van der Waals surface area contributed by atoms with Crippen molar-refractivity contribution in [3.05, 3.63) is 12.7 Å². The topological polar surface area (TPSA) is 85.8 Å². The monoisotopic (exact) mass is 239 g/mol. The second-order valence-corrected chi connectivity index (χ2v) is 4.55. The smallest absolute Gasteiger partial charge is 0.237 e. The largest absolute Gasteiger partial charge is 0.368 e. The lowest BCUT2D eigenvalue weighted by atomic mass is 9.92. The Bertz CT molecular complexity index is 351. The van der Waals surface area contributed by atoms with Crippen LogP contribution in [0.2, 0.25) is 0 Å². The van der Waals surface area contributed by atoms with Crippen LogP contribution in [0.5, 0.6) is 0 Å². The standard InChI is InChI=1S/C11H21N5O/c1-4-5-14-11(3,10(12)17)6-9(2)16-8-13-7-15-16/h7-9,14H,4-6H2,1-3H3,(H2,12,17). The van der Waals surface area contributed by atoms with Gasteiger partial charge in [-0.25, -0.2) is 4.98 Å². The van der Waals surface area contributed by atoms with E-state index in [2.05, 4.69) is 22.3 Å². The van der Waals surface area contributed by atoms with Crippen LogP contribution in [0.4, 0.5) is 0 Å². The maximum atomic E-state index is 11.5. The fourth-order valence-corrected chi connectivity index (χ4v) is 1.79. The van der Waals surface area contributed by atoms with Crippen LogP contribution in [-0.2, 0) is 4.79 Å². The molecular formula is C11H21N5O. The number of nitrogens with zero attached hydrogens (tertiary/aromatic N) is 3. The minimum atomic E-state index is -0.707. The van der Waals surface area contributed by atoms with Gasteiger partial charge in [-0.05, 0) is 33.2 Å². The Balaban J connectivity index is 2.69. The van der Waals surface area contributed by atoms with E-state index in [1.807, 2.05) is 13.8 Å². The number of hydrogen-bond donors (Lipinski definition) is 2. The molecule has 96 valence electrons. The summed E-state index contributed by atoms with van der Waals surface area (Å²) in [5.74, 6) is -0.335. The van der Waals surface area contributed by atoms with Gasteiger partial charge in [0.1, 0.15) is 12.7 Å². The molecule has 1 rings (SSSR count). The van der Waals surface area contributed by atoms with Crippen molar-refractivity contribution in [3.63, 3.8) is 0 Å². The number of nitrogens with one attached hydrogen (secondary N) is 1. The summed E-state index contributed by atoms with van der Waals surface area (Å²) >= 11 is 0. The Morgan fingerprint density at radius 2 is 2.35 bits per heavy atom. The molecule has 3 N–H and O–H groups in total. The molecule has 1 aromatic rings. The molecule has 2 unspecified atom stereocenters. The number of rotatable bonds is 7. The van der Waals surface area contributed by atoms with E-state index >= 15 is 0 Å². The molecular weight excluding hydrogens is 218 g/mol. The Kier molecular flexibility index (Phi) is 4.62. The zero-order valence-electron chi connectivity index (χ0n) is 10.7. The molecule has 0 fully saturated rings. The summed E-state index contributed by atoms with van der Waals surface area (Å²) in [7, 11) is 0. The first kappa shape index (κ1) is 13.6. The predicted octanol–water partition coefficient (Wildman–Crippen LogP) is 0.473. The van der Waals surface area contributed by atoms with Gasteiger partial charge in [0, 0.05) is 0 Å². The number of nitrogens with two attached hydrogens (primary N) is 1. The molecule has 6 nitrogen and oxygen atoms in total. The molecule has 0 aromatic carbocycles. The van der Waals surface area contributed by atoms with Gasteiger partial charge in [0.2, 0.25) is 5.91 Å². The Morgan fingerprint density at radius 1 is 1.65 bits per heavy atom. The van der Waals surface area contributed by atoms with Crippen LogP contribution < -0.4 is 11.1 Å². The van der Waals surface area contributed by atoms with Crippen molar-refractivity contribution >= 4 is 5.91 Å². The summed E-state index contributed by atoms with van der Waals surface area (Å²) in [6.45, 7) is 6.64. The normalized spacial score (nSPS) is 16.4. The van der Waals surface area contributed by atoms with Crippen LogP contribution >= 0.6 is 0 Å². The van der Waals surface area contributed by atoms with Crippen LogP contribution in [-0.4, -0.2) is 32.8 Å². The number of carbonyl (C=O) groups excluding carboxylic acids is 1. The highest BCUT2D eigenvalue weighted by Gasteiger charge is 2.32. The van der Waals surface area contributed by atoms with E-state index in [0.717, 1.165) is 13.0 Å². The van der Waals surface area contributed by atoms with E-state index in [9.17, 15) is 4.79 Å². The first-order chi connectivity index (χ1) is 7.99. The zero-order valence-corrected chi connectivity index (χ0v) is 10.7. The minimum absolute atomic E-state index is 0.0688. The average molecular weight is 239 g/mol. The molecule has 0 spiro atoms. The summed E-state index contributed by atoms with van der Waals surface area (Å²) in [5.41, 5.74) is 4.76. The quantitative estimate of drug-likeness (QED) is 0.724. The molecule has 0 bridgehead atoms. The first-order valence-electron chi connectivity index (χ1n) is 5.88. The summed E-state index contributed by atoms with van der Waals surface area (Å²) in [6, 6.07) is 0.0688. The molecule has 0 saturated carbocycles. The molecule has 0 aliphatic rings. The van der Waals surface area contributed by atoms with Crippen molar-refractivity contribution in [1.29, 1.82) is 0 Å². The minimum Gasteiger partial charge on any atom is -0.368 e. The molecule has 0 radical (unpaired) electrons. The van der Waals surface area contributed by atoms with Crippen LogP contribution in [0.3, 0.4) is 0 Å². The number of amides is 1. The number of primary amides is 1. The lowest BCUT2D eigenvalue weighted by Crippen LogP contribution is -2.54. The van der Waals surface area contributed by atoms with Crippen molar-refractivity contribution in [2.24, 2.45) is 5.73 Å². The third-order valence-electron chi connectivity index (χ3n) is 2.90. The maximum absolute atomic E-state index is 11.5. The summed E-state index contributed by atoms with van der Waals surface area (Å²) in [4.78, 5) is 15.4. The number of carbonyl (C=O) groups is 1. The summed E-state index contributed by atoms with van der Waals surface area (Å²) in [5, 5.41) is 7.27. The van der Waals surface area contributed by atoms with Crippen LogP contribution in [0.25, 0.3) is 0 Å². The van der Waals surface area contributed by atoms with Gasteiger partial charge in [0.05, 0.1) is 11.6 Å². The van der Waals surface area contributed by atoms with Gasteiger partial charge in [0.25, 0.3) is 0 Å². The van der Waals surface area contributed by atoms with E-state index < -0.39 is 5.54 Å². The fraction of sp³-hybridized carbons (Fsp3) is 0.727. The molecule has 0 saturated heterocycles. The Morgan fingerprint density at radius 3 is 2.82 bits per heavy atom. The van der Waals surface area contributed by atoms with Crippen molar-refractivity contribution in [1.82, 2.24) is 20.1 Å². The lowest BCUT2D eigenvalue weighted by molar-refractivity contribution is -0.124. The van der Waals surface area contributed by atoms with Crippen LogP contribution in [0.15, 0.2) is 12.7 Å². The molecule has 0 aliphatic heterocycles. The lowest BCUT2D eigenvalue weighted by Gasteiger charge is -2.30.